The van der Waals surface area contributed by atoms with Crippen LogP contribution in [0.25, 0.3) is 0 Å². The summed E-state index contributed by atoms with van der Waals surface area (Å²) >= 11 is 26.6. The first kappa shape index (κ1) is 21.3. The second-order valence-electron chi connectivity index (χ2n) is 5.37. The van der Waals surface area contributed by atoms with E-state index in [0.29, 0.717) is 5.56 Å². The fourth-order valence-corrected chi connectivity index (χ4v) is 3.00. The molecule has 0 aliphatic rings. The first-order valence-electron chi connectivity index (χ1n) is 7.43. The zero-order valence-electron chi connectivity index (χ0n) is 13.5. The van der Waals surface area contributed by atoms with Gasteiger partial charge in [0.25, 0.3) is 5.91 Å². The number of nitrogens with one attached hydrogen (secondary N) is 3. The van der Waals surface area contributed by atoms with Gasteiger partial charge in [-0.05, 0) is 49.0 Å². The van der Waals surface area contributed by atoms with E-state index in [0.717, 1.165) is 15.7 Å². The van der Waals surface area contributed by atoms with Gasteiger partial charge < -0.3 is 16.0 Å². The lowest BCUT2D eigenvalue weighted by molar-refractivity contribution is 0.0934. The zero-order valence-corrected chi connectivity index (χ0v) is 18.2. The maximum atomic E-state index is 12.4. The molecule has 0 aromatic heterocycles. The SMILES string of the molecule is Cc1ccccc1NC(=S)NC(NC(=O)c1cccc(Br)c1)C(Cl)(Cl)Cl. The summed E-state index contributed by atoms with van der Waals surface area (Å²) in [6, 6.07) is 14.5. The summed E-state index contributed by atoms with van der Waals surface area (Å²) in [6.45, 7) is 1.94. The van der Waals surface area contributed by atoms with Crippen molar-refractivity contribution in [3.63, 3.8) is 0 Å². The minimum atomic E-state index is -1.82. The summed E-state index contributed by atoms with van der Waals surface area (Å²) in [6.07, 6.45) is -1.04. The molecule has 2 rings (SSSR count). The average Bonchev–Trinajstić information content (AvgIpc) is 2.55. The Balaban J connectivity index is 2.09. The quantitative estimate of drug-likeness (QED) is 0.311. The summed E-state index contributed by atoms with van der Waals surface area (Å²) in [5.41, 5.74) is 2.23. The molecule has 1 atom stereocenters. The van der Waals surface area contributed by atoms with E-state index in [9.17, 15) is 4.79 Å². The molecule has 0 saturated carbocycles. The van der Waals surface area contributed by atoms with Crippen molar-refractivity contribution in [2.24, 2.45) is 0 Å². The van der Waals surface area contributed by atoms with Crippen molar-refractivity contribution in [3.05, 3.63) is 64.1 Å². The highest BCUT2D eigenvalue weighted by Gasteiger charge is 2.35. The topological polar surface area (TPSA) is 53.2 Å². The Morgan fingerprint density at radius 2 is 1.81 bits per heavy atom. The largest absolute Gasteiger partial charge is 0.339 e. The van der Waals surface area contributed by atoms with Gasteiger partial charge in [-0.15, -0.1) is 0 Å². The molecular formula is C17H15BrCl3N3OS. The van der Waals surface area contributed by atoms with E-state index in [1.807, 2.05) is 37.3 Å². The number of thiocarbonyl (C=S) groups is 1. The minimum Gasteiger partial charge on any atom is -0.339 e. The van der Waals surface area contributed by atoms with Crippen LogP contribution in [0.1, 0.15) is 15.9 Å². The summed E-state index contributed by atoms with van der Waals surface area (Å²) in [5, 5.41) is 8.70. The molecule has 2 aromatic rings. The maximum absolute atomic E-state index is 12.4. The van der Waals surface area contributed by atoms with Crippen LogP contribution in [0.3, 0.4) is 0 Å². The Hall–Kier alpha value is -1.05. The molecule has 26 heavy (non-hydrogen) atoms. The van der Waals surface area contributed by atoms with Gasteiger partial charge in [0.1, 0.15) is 6.17 Å². The molecule has 0 fully saturated rings. The Bertz CT molecular complexity index is 814. The van der Waals surface area contributed by atoms with E-state index >= 15 is 0 Å². The molecule has 0 radical (unpaired) electrons. The molecule has 4 nitrogen and oxygen atoms in total. The van der Waals surface area contributed by atoms with Gasteiger partial charge in [-0.3, -0.25) is 4.79 Å². The zero-order chi connectivity index (χ0) is 19.3. The molecule has 138 valence electrons. The fraction of sp³-hybridized carbons (Fsp3) is 0.176. The van der Waals surface area contributed by atoms with Crippen LogP contribution in [0.4, 0.5) is 5.69 Å². The van der Waals surface area contributed by atoms with Crippen LogP contribution in [0.5, 0.6) is 0 Å². The monoisotopic (exact) mass is 493 g/mol. The van der Waals surface area contributed by atoms with E-state index in [4.69, 9.17) is 47.0 Å². The third-order valence-electron chi connectivity index (χ3n) is 3.36. The van der Waals surface area contributed by atoms with Crippen molar-refractivity contribution in [2.45, 2.75) is 16.9 Å². The smallest absolute Gasteiger partial charge is 0.253 e. The van der Waals surface area contributed by atoms with Crippen LogP contribution in [0, 0.1) is 6.92 Å². The van der Waals surface area contributed by atoms with E-state index in [-0.39, 0.29) is 5.11 Å². The van der Waals surface area contributed by atoms with Gasteiger partial charge in [0, 0.05) is 15.7 Å². The summed E-state index contributed by atoms with van der Waals surface area (Å²) in [4.78, 5) is 12.4. The number of para-hydroxylation sites is 1. The number of anilines is 1. The molecule has 9 heteroatoms. The van der Waals surface area contributed by atoms with Gasteiger partial charge in [0.15, 0.2) is 5.11 Å². The van der Waals surface area contributed by atoms with Gasteiger partial charge >= 0.3 is 0 Å². The summed E-state index contributed by atoms with van der Waals surface area (Å²) < 4.78 is -1.06. The van der Waals surface area contributed by atoms with Crippen molar-refractivity contribution in [1.82, 2.24) is 10.6 Å². The lowest BCUT2D eigenvalue weighted by atomic mass is 10.2. The van der Waals surface area contributed by atoms with Crippen LogP contribution in [-0.2, 0) is 0 Å². The highest BCUT2D eigenvalue weighted by Crippen LogP contribution is 2.29. The third-order valence-corrected chi connectivity index (χ3v) is 4.73. The van der Waals surface area contributed by atoms with Crippen LogP contribution >= 0.6 is 63.0 Å². The Labute approximate surface area is 180 Å². The first-order valence-corrected chi connectivity index (χ1v) is 9.76. The second-order valence-corrected chi connectivity index (χ2v) is 9.06. The third kappa shape index (κ3) is 6.28. The van der Waals surface area contributed by atoms with E-state index < -0.39 is 15.9 Å². The number of rotatable bonds is 4. The minimum absolute atomic E-state index is 0.213. The Morgan fingerprint density at radius 3 is 2.42 bits per heavy atom. The number of halogens is 4. The van der Waals surface area contributed by atoms with Crippen molar-refractivity contribution in [1.29, 1.82) is 0 Å². The Morgan fingerprint density at radius 1 is 1.12 bits per heavy atom. The van der Waals surface area contributed by atoms with Gasteiger partial charge in [0.05, 0.1) is 0 Å². The van der Waals surface area contributed by atoms with Crippen LogP contribution < -0.4 is 16.0 Å². The average molecular weight is 496 g/mol. The molecule has 0 bridgehead atoms. The maximum Gasteiger partial charge on any atom is 0.253 e. The van der Waals surface area contributed by atoms with Gasteiger partial charge in [-0.25, -0.2) is 0 Å². The predicted octanol–water partition coefficient (Wildman–Crippen LogP) is 5.17. The van der Waals surface area contributed by atoms with Crippen LogP contribution in [0.15, 0.2) is 53.0 Å². The number of aryl methyl sites for hydroxylation is 1. The van der Waals surface area contributed by atoms with E-state index in [1.165, 1.54) is 0 Å². The highest BCUT2D eigenvalue weighted by molar-refractivity contribution is 9.10. The van der Waals surface area contributed by atoms with E-state index in [1.54, 1.807) is 18.2 Å². The number of hydrogen-bond donors (Lipinski definition) is 3. The standard InChI is InChI=1S/C17H15BrCl3N3OS/c1-10-5-2-3-8-13(10)22-16(26)24-15(17(19,20)21)23-14(25)11-6-4-7-12(18)9-11/h2-9,15H,1H3,(H,23,25)(H2,22,24,26). The normalized spacial score (nSPS) is 12.2. The highest BCUT2D eigenvalue weighted by atomic mass is 79.9. The van der Waals surface area contributed by atoms with Gasteiger partial charge in [0.2, 0.25) is 3.79 Å². The fourth-order valence-electron chi connectivity index (χ4n) is 2.05. The van der Waals surface area contributed by atoms with Crippen LogP contribution in [-0.4, -0.2) is 21.0 Å². The molecule has 0 saturated heterocycles. The molecule has 0 aliphatic heterocycles. The number of amides is 1. The molecule has 0 aliphatic carbocycles. The summed E-state index contributed by atoms with van der Waals surface area (Å²) in [7, 11) is 0. The van der Waals surface area contributed by atoms with E-state index in [2.05, 4.69) is 31.9 Å². The molecule has 1 unspecified atom stereocenters. The molecule has 2 aromatic carbocycles. The van der Waals surface area contributed by atoms with Crippen molar-refractivity contribution < 1.29 is 4.79 Å². The predicted molar refractivity (Wildman–Crippen MR) is 116 cm³/mol. The molecule has 0 spiro atoms. The van der Waals surface area contributed by atoms with Crippen molar-refractivity contribution in [3.8, 4) is 0 Å². The molecule has 1 amide bonds. The van der Waals surface area contributed by atoms with Gasteiger partial charge in [-0.1, -0.05) is 75.0 Å². The lowest BCUT2D eigenvalue weighted by Gasteiger charge is -2.28. The number of alkyl halides is 3. The summed E-state index contributed by atoms with van der Waals surface area (Å²) in [5.74, 6) is -0.409. The number of benzene rings is 2. The van der Waals surface area contributed by atoms with Crippen LogP contribution in [0.2, 0.25) is 0 Å². The van der Waals surface area contributed by atoms with Crippen molar-refractivity contribution in [2.75, 3.05) is 5.32 Å². The number of hydrogen-bond acceptors (Lipinski definition) is 2. The lowest BCUT2D eigenvalue weighted by Crippen LogP contribution is -2.56. The molecule has 3 N–H and O–H groups in total. The first-order chi connectivity index (χ1) is 12.2. The number of carbonyl (C=O) groups is 1. The molecule has 0 heterocycles. The second kappa shape index (κ2) is 9.24. The van der Waals surface area contributed by atoms with Crippen molar-refractivity contribution >= 4 is 79.7 Å². The number of carbonyl (C=O) groups excluding carboxylic acids is 1. The Kier molecular flexibility index (Phi) is 7.55. The van der Waals surface area contributed by atoms with Gasteiger partial charge in [-0.2, -0.15) is 0 Å². The molecular weight excluding hydrogens is 481 g/mol.